The van der Waals surface area contributed by atoms with Crippen molar-refractivity contribution in [3.05, 3.63) is 84.4 Å². The first-order valence-corrected chi connectivity index (χ1v) is 10.8. The summed E-state index contributed by atoms with van der Waals surface area (Å²) >= 11 is 0. The Morgan fingerprint density at radius 3 is 1.94 bits per heavy atom. The quantitative estimate of drug-likeness (QED) is 0.476. The first-order valence-electron chi connectivity index (χ1n) is 9.38. The van der Waals surface area contributed by atoms with Gasteiger partial charge < -0.3 is 9.47 Å². The summed E-state index contributed by atoms with van der Waals surface area (Å²) < 4.78 is 79.9. The monoisotopic (exact) mass is 449 g/mol. The minimum Gasteiger partial charge on any atom is -0.489 e. The number of sulfonamides is 1. The molecule has 0 aromatic heterocycles. The molecule has 0 amide bonds. The molecule has 0 saturated carbocycles. The second-order valence-corrected chi connectivity index (χ2v) is 8.59. The van der Waals surface area contributed by atoms with Crippen LogP contribution in [0.15, 0.2) is 83.8 Å². The van der Waals surface area contributed by atoms with Crippen LogP contribution < -0.4 is 9.04 Å². The highest BCUT2D eigenvalue weighted by Gasteiger charge is 2.40. The van der Waals surface area contributed by atoms with Gasteiger partial charge in [-0.3, -0.25) is 0 Å². The average Bonchev–Trinajstić information content (AvgIpc) is 3.57. The zero-order valence-corrected chi connectivity index (χ0v) is 16.9. The second kappa shape index (κ2) is 8.24. The molecule has 9 heteroatoms. The first-order chi connectivity index (χ1) is 14.8. The lowest BCUT2D eigenvalue weighted by Crippen LogP contribution is -2.27. The maximum Gasteiger partial charge on any atom is 0.420 e. The number of hydrogen-bond acceptors (Lipinski definition) is 4. The van der Waals surface area contributed by atoms with E-state index < -0.39 is 32.4 Å². The standard InChI is InChI=1S/C22H18F3NO4S/c23-22(24,25)19-12-7-13-20(21(19)30-15-18-14-29-18)31(27,28)26(16-8-3-1-4-9-16)17-10-5-2-6-11-17/h1-13,18H,14-15H2. The van der Waals surface area contributed by atoms with Crippen molar-refractivity contribution in [1.82, 2.24) is 0 Å². The van der Waals surface area contributed by atoms with E-state index in [1.807, 2.05) is 0 Å². The van der Waals surface area contributed by atoms with Crippen LogP contribution in [0, 0.1) is 0 Å². The van der Waals surface area contributed by atoms with Crippen LogP contribution >= 0.6 is 0 Å². The van der Waals surface area contributed by atoms with Crippen molar-refractivity contribution in [2.75, 3.05) is 17.5 Å². The van der Waals surface area contributed by atoms with Gasteiger partial charge in [0.1, 0.15) is 17.6 Å². The number of para-hydroxylation sites is 3. The van der Waals surface area contributed by atoms with Crippen molar-refractivity contribution >= 4 is 21.4 Å². The van der Waals surface area contributed by atoms with Crippen molar-refractivity contribution in [1.29, 1.82) is 0 Å². The Morgan fingerprint density at radius 1 is 0.903 bits per heavy atom. The Labute approximate surface area is 177 Å². The zero-order valence-electron chi connectivity index (χ0n) is 16.1. The van der Waals surface area contributed by atoms with Crippen molar-refractivity contribution in [3.8, 4) is 5.75 Å². The van der Waals surface area contributed by atoms with E-state index in [4.69, 9.17) is 9.47 Å². The molecule has 1 saturated heterocycles. The van der Waals surface area contributed by atoms with E-state index in [2.05, 4.69) is 0 Å². The minimum absolute atomic E-state index is 0.174. The van der Waals surface area contributed by atoms with Gasteiger partial charge in [0.25, 0.3) is 10.0 Å². The molecule has 0 aliphatic carbocycles. The Kier molecular flexibility index (Phi) is 5.63. The Bertz CT molecular complexity index is 1110. The van der Waals surface area contributed by atoms with Gasteiger partial charge in [-0.2, -0.15) is 13.2 Å². The number of alkyl halides is 3. The van der Waals surface area contributed by atoms with Gasteiger partial charge in [-0.15, -0.1) is 0 Å². The summed E-state index contributed by atoms with van der Waals surface area (Å²) in [5, 5.41) is 0. The number of halogens is 3. The molecule has 4 rings (SSSR count). The number of hydrogen-bond donors (Lipinski definition) is 0. The largest absolute Gasteiger partial charge is 0.489 e. The molecule has 5 nitrogen and oxygen atoms in total. The molecule has 1 unspecified atom stereocenters. The molecule has 3 aromatic carbocycles. The molecule has 1 heterocycles. The van der Waals surface area contributed by atoms with E-state index in [-0.39, 0.29) is 24.1 Å². The Balaban J connectivity index is 1.89. The third-order valence-corrected chi connectivity index (χ3v) is 6.38. The molecule has 0 spiro atoms. The molecule has 1 fully saturated rings. The van der Waals surface area contributed by atoms with Crippen LogP contribution in [0.2, 0.25) is 0 Å². The van der Waals surface area contributed by atoms with E-state index >= 15 is 0 Å². The second-order valence-electron chi connectivity index (χ2n) is 6.84. The van der Waals surface area contributed by atoms with Gasteiger partial charge in [0.2, 0.25) is 0 Å². The lowest BCUT2D eigenvalue weighted by molar-refractivity contribution is -0.139. The third-order valence-electron chi connectivity index (χ3n) is 4.60. The molecule has 0 N–H and O–H groups in total. The van der Waals surface area contributed by atoms with Gasteiger partial charge in [0, 0.05) is 0 Å². The number of rotatable bonds is 7. The number of ether oxygens (including phenoxy) is 2. The van der Waals surface area contributed by atoms with Crippen molar-refractivity contribution in [3.63, 3.8) is 0 Å². The predicted octanol–water partition coefficient (Wildman–Crippen LogP) is 5.01. The van der Waals surface area contributed by atoms with E-state index in [0.717, 1.165) is 22.5 Å². The summed E-state index contributed by atoms with van der Waals surface area (Å²) in [5.74, 6) is -0.734. The summed E-state index contributed by atoms with van der Waals surface area (Å²) in [4.78, 5) is -0.573. The molecule has 3 aromatic rings. The highest BCUT2D eigenvalue weighted by Crippen LogP contribution is 2.43. The highest BCUT2D eigenvalue weighted by molar-refractivity contribution is 7.93. The van der Waals surface area contributed by atoms with Crippen LogP contribution in [0.5, 0.6) is 5.75 Å². The zero-order chi connectivity index (χ0) is 22.1. The summed E-state index contributed by atoms with van der Waals surface area (Å²) in [5.41, 5.74) is -0.597. The van der Waals surface area contributed by atoms with Gasteiger partial charge in [0.15, 0.2) is 5.75 Å². The van der Waals surface area contributed by atoms with Crippen LogP contribution in [-0.4, -0.2) is 27.7 Å². The molecule has 1 aliphatic rings. The van der Waals surface area contributed by atoms with Gasteiger partial charge in [-0.1, -0.05) is 42.5 Å². The summed E-state index contributed by atoms with van der Waals surface area (Å²) in [6, 6.07) is 19.3. The van der Waals surface area contributed by atoms with E-state index in [1.54, 1.807) is 60.7 Å². The van der Waals surface area contributed by atoms with Crippen LogP contribution in [0.3, 0.4) is 0 Å². The van der Waals surface area contributed by atoms with E-state index in [1.165, 1.54) is 0 Å². The van der Waals surface area contributed by atoms with Gasteiger partial charge in [-0.25, -0.2) is 12.7 Å². The molecule has 0 bridgehead atoms. The number of nitrogens with zero attached hydrogens (tertiary/aromatic N) is 1. The Morgan fingerprint density at radius 2 is 1.45 bits per heavy atom. The fourth-order valence-electron chi connectivity index (χ4n) is 3.08. The number of anilines is 2. The molecule has 1 aliphatic heterocycles. The van der Waals surface area contributed by atoms with Crippen molar-refractivity contribution < 1.29 is 31.1 Å². The lowest BCUT2D eigenvalue weighted by atomic mass is 10.2. The lowest BCUT2D eigenvalue weighted by Gasteiger charge is -2.26. The van der Waals surface area contributed by atoms with Gasteiger partial charge in [0.05, 0.1) is 23.5 Å². The maximum absolute atomic E-state index is 13.7. The molecule has 31 heavy (non-hydrogen) atoms. The van der Waals surface area contributed by atoms with Crippen molar-refractivity contribution in [2.45, 2.75) is 17.2 Å². The molecule has 162 valence electrons. The predicted molar refractivity (Wildman–Crippen MR) is 109 cm³/mol. The summed E-state index contributed by atoms with van der Waals surface area (Å²) in [6.07, 6.45) is -5.15. The molecular formula is C22H18F3NO4S. The minimum atomic E-state index is -4.80. The topological polar surface area (TPSA) is 59.1 Å². The van der Waals surface area contributed by atoms with Crippen LogP contribution in [0.25, 0.3) is 0 Å². The van der Waals surface area contributed by atoms with Crippen molar-refractivity contribution in [2.24, 2.45) is 0 Å². The number of epoxide rings is 1. The fourth-order valence-corrected chi connectivity index (χ4v) is 4.73. The van der Waals surface area contributed by atoms with Crippen LogP contribution in [0.1, 0.15) is 5.56 Å². The van der Waals surface area contributed by atoms with Crippen LogP contribution in [-0.2, 0) is 20.9 Å². The number of benzene rings is 3. The molecule has 1 atom stereocenters. The van der Waals surface area contributed by atoms with Crippen LogP contribution in [0.4, 0.5) is 24.5 Å². The van der Waals surface area contributed by atoms with Gasteiger partial charge in [-0.05, 0) is 36.4 Å². The highest BCUT2D eigenvalue weighted by atomic mass is 32.2. The third kappa shape index (κ3) is 4.52. The smallest absolute Gasteiger partial charge is 0.420 e. The van der Waals surface area contributed by atoms with Gasteiger partial charge >= 0.3 is 6.18 Å². The van der Waals surface area contributed by atoms with E-state index in [9.17, 15) is 21.6 Å². The maximum atomic E-state index is 13.7. The van der Waals surface area contributed by atoms with E-state index in [0.29, 0.717) is 6.61 Å². The molecule has 0 radical (unpaired) electrons. The SMILES string of the molecule is O=S(=O)(c1cccc(C(F)(F)F)c1OCC1CO1)N(c1ccccc1)c1ccccc1. The first kappa shape index (κ1) is 21.2. The fraction of sp³-hybridized carbons (Fsp3) is 0.182. The summed E-state index contributed by atoms with van der Waals surface area (Å²) in [7, 11) is -4.48. The normalized spacial score (nSPS) is 16.0. The average molecular weight is 449 g/mol. The summed E-state index contributed by atoms with van der Waals surface area (Å²) in [6.45, 7) is 0.183. The Hall–Kier alpha value is -3.04. The molecular weight excluding hydrogens is 431 g/mol.